The van der Waals surface area contributed by atoms with Crippen molar-refractivity contribution >= 4 is 5.97 Å². The van der Waals surface area contributed by atoms with Crippen LogP contribution in [-0.2, 0) is 4.74 Å². The van der Waals surface area contributed by atoms with Crippen LogP contribution in [-0.4, -0.2) is 30.7 Å². The highest BCUT2D eigenvalue weighted by Crippen LogP contribution is 2.42. The van der Waals surface area contributed by atoms with Gasteiger partial charge in [-0.2, -0.15) is 5.10 Å². The van der Waals surface area contributed by atoms with Crippen LogP contribution in [0.25, 0.3) is 5.69 Å². The maximum absolute atomic E-state index is 12.7. The molecule has 0 bridgehead atoms. The molecule has 7 nitrogen and oxygen atoms in total. The van der Waals surface area contributed by atoms with E-state index in [-0.39, 0.29) is 12.1 Å². The monoisotopic (exact) mass is 335 g/mol. The van der Waals surface area contributed by atoms with Crippen LogP contribution < -0.4 is 0 Å². The lowest BCUT2D eigenvalue weighted by Crippen LogP contribution is -2.16. The molecule has 0 spiro atoms. The van der Waals surface area contributed by atoms with Gasteiger partial charge in [0.2, 0.25) is 0 Å². The van der Waals surface area contributed by atoms with Crippen LogP contribution >= 0.6 is 0 Å². The number of esters is 1. The summed E-state index contributed by atoms with van der Waals surface area (Å²) in [6.45, 7) is 1.88. The Balaban J connectivity index is 1.56. The lowest BCUT2D eigenvalue weighted by atomic mass is 10.1. The first-order valence-electron chi connectivity index (χ1n) is 8.16. The summed E-state index contributed by atoms with van der Waals surface area (Å²) < 4.78 is 7.40. The van der Waals surface area contributed by atoms with Crippen molar-refractivity contribution < 1.29 is 9.53 Å². The van der Waals surface area contributed by atoms with E-state index in [0.717, 1.165) is 24.1 Å². The Morgan fingerprint density at radius 3 is 2.72 bits per heavy atom. The lowest BCUT2D eigenvalue weighted by molar-refractivity contribution is 0.0217. The smallest absolute Gasteiger partial charge is 0.339 e. The average Bonchev–Trinajstić information content (AvgIpc) is 3.33. The van der Waals surface area contributed by atoms with Crippen molar-refractivity contribution in [1.82, 2.24) is 24.7 Å². The van der Waals surface area contributed by atoms with Crippen LogP contribution in [0, 0.1) is 12.8 Å². The molecule has 0 amide bonds. The van der Waals surface area contributed by atoms with Crippen molar-refractivity contribution in [1.29, 1.82) is 0 Å². The van der Waals surface area contributed by atoms with E-state index in [1.807, 2.05) is 19.1 Å². The Kier molecular flexibility index (Phi) is 3.97. The second-order valence-electron chi connectivity index (χ2n) is 6.11. The quantitative estimate of drug-likeness (QED) is 0.667. The molecule has 1 aliphatic rings. The van der Waals surface area contributed by atoms with Gasteiger partial charge in [-0.15, -0.1) is 0 Å². The molecule has 1 saturated carbocycles. The molecule has 1 fully saturated rings. The van der Waals surface area contributed by atoms with Gasteiger partial charge in [-0.05, 0) is 49.6 Å². The first kappa shape index (κ1) is 15.4. The van der Waals surface area contributed by atoms with E-state index in [9.17, 15) is 4.79 Å². The van der Waals surface area contributed by atoms with Gasteiger partial charge in [0.25, 0.3) is 0 Å². The first-order valence-corrected chi connectivity index (χ1v) is 8.16. The molecule has 0 aliphatic heterocycles. The molecular formula is C18H17N5O2. The van der Waals surface area contributed by atoms with E-state index in [2.05, 4.69) is 20.1 Å². The Hall–Kier alpha value is -3.09. The molecule has 0 radical (unpaired) electrons. The van der Waals surface area contributed by atoms with Gasteiger partial charge in [0.05, 0.1) is 11.3 Å². The van der Waals surface area contributed by atoms with Crippen molar-refractivity contribution in [3.63, 3.8) is 0 Å². The third kappa shape index (κ3) is 3.26. The van der Waals surface area contributed by atoms with E-state index in [1.54, 1.807) is 35.5 Å². The topological polar surface area (TPSA) is 82.8 Å². The van der Waals surface area contributed by atoms with Crippen molar-refractivity contribution in [3.05, 3.63) is 66.3 Å². The van der Waals surface area contributed by atoms with E-state index >= 15 is 0 Å². The van der Waals surface area contributed by atoms with E-state index in [1.165, 1.54) is 6.33 Å². The number of carbonyl (C=O) groups excluding carboxylic acids is 1. The third-order valence-electron chi connectivity index (χ3n) is 4.24. The number of rotatable bonds is 5. The van der Waals surface area contributed by atoms with Crippen LogP contribution in [0.15, 0.2) is 49.3 Å². The summed E-state index contributed by atoms with van der Waals surface area (Å²) in [6, 6.07) is 7.21. The maximum Gasteiger partial charge on any atom is 0.339 e. The number of benzene rings is 1. The molecule has 2 aromatic heterocycles. The second kappa shape index (κ2) is 6.43. The molecular weight excluding hydrogens is 318 g/mol. The number of hydrogen-bond donors (Lipinski definition) is 0. The highest BCUT2D eigenvalue weighted by atomic mass is 16.5. The van der Waals surface area contributed by atoms with Crippen molar-refractivity contribution in [3.8, 4) is 5.69 Å². The van der Waals surface area contributed by atoms with Crippen LogP contribution in [0.1, 0.15) is 40.7 Å². The molecule has 7 heteroatoms. The van der Waals surface area contributed by atoms with Gasteiger partial charge in [-0.1, -0.05) is 0 Å². The molecule has 0 saturated heterocycles. The Labute approximate surface area is 144 Å². The number of ether oxygens (including phenoxy) is 1. The minimum Gasteiger partial charge on any atom is -0.450 e. The summed E-state index contributed by atoms with van der Waals surface area (Å²) in [5, 5.41) is 4.09. The van der Waals surface area contributed by atoms with Gasteiger partial charge < -0.3 is 4.74 Å². The number of nitrogens with zero attached hydrogens (tertiary/aromatic N) is 5. The summed E-state index contributed by atoms with van der Waals surface area (Å²) in [5.74, 6) is 0.517. The predicted molar refractivity (Wildman–Crippen MR) is 89.0 cm³/mol. The highest BCUT2D eigenvalue weighted by Gasteiger charge is 2.37. The van der Waals surface area contributed by atoms with Gasteiger partial charge in [-0.3, -0.25) is 0 Å². The summed E-state index contributed by atoms with van der Waals surface area (Å²) in [7, 11) is 0. The molecule has 3 aromatic rings. The van der Waals surface area contributed by atoms with Gasteiger partial charge in [0, 0.05) is 18.3 Å². The van der Waals surface area contributed by atoms with Crippen LogP contribution in [0.3, 0.4) is 0 Å². The molecule has 1 aliphatic carbocycles. The Morgan fingerprint density at radius 1 is 1.28 bits per heavy atom. The SMILES string of the molecule is Cc1cc(-n2cncn2)ccc1C(=O)O[C@H](c1ncccn1)C1CC1. The fraction of sp³-hybridized carbons (Fsp3) is 0.278. The van der Waals surface area contributed by atoms with Crippen LogP contribution in [0.5, 0.6) is 0 Å². The van der Waals surface area contributed by atoms with E-state index in [0.29, 0.717) is 17.3 Å². The number of carbonyl (C=O) groups is 1. The zero-order chi connectivity index (χ0) is 17.2. The predicted octanol–water partition coefficient (Wildman–Crippen LogP) is 2.67. The van der Waals surface area contributed by atoms with Crippen molar-refractivity contribution in [2.45, 2.75) is 25.9 Å². The normalized spacial score (nSPS) is 14.9. The summed E-state index contributed by atoms with van der Waals surface area (Å²) in [6.07, 6.45) is 8.09. The molecule has 1 aromatic carbocycles. The highest BCUT2D eigenvalue weighted by molar-refractivity contribution is 5.91. The minimum atomic E-state index is -0.386. The van der Waals surface area contributed by atoms with E-state index < -0.39 is 0 Å². The summed E-state index contributed by atoms with van der Waals surface area (Å²) >= 11 is 0. The largest absolute Gasteiger partial charge is 0.450 e. The van der Waals surface area contributed by atoms with Gasteiger partial charge in [-0.25, -0.2) is 24.4 Å². The standard InChI is InChI=1S/C18H17N5O2/c1-12-9-14(23-11-19-10-22-23)5-6-15(12)18(24)25-16(13-3-4-13)17-20-7-2-8-21-17/h2,5-11,13,16H,3-4H2,1H3/t16-/m0/s1. The third-order valence-corrected chi connectivity index (χ3v) is 4.24. The second-order valence-corrected chi connectivity index (χ2v) is 6.11. The molecule has 25 heavy (non-hydrogen) atoms. The summed E-state index contributed by atoms with van der Waals surface area (Å²) in [4.78, 5) is 25.1. The average molecular weight is 335 g/mol. The van der Waals surface area contributed by atoms with Crippen LogP contribution in [0.2, 0.25) is 0 Å². The zero-order valence-electron chi connectivity index (χ0n) is 13.7. The molecule has 1 atom stereocenters. The Morgan fingerprint density at radius 2 is 2.08 bits per heavy atom. The van der Waals surface area contributed by atoms with Gasteiger partial charge in [0.1, 0.15) is 12.7 Å². The molecule has 4 rings (SSSR count). The van der Waals surface area contributed by atoms with E-state index in [4.69, 9.17) is 4.74 Å². The zero-order valence-corrected chi connectivity index (χ0v) is 13.7. The minimum absolute atomic E-state index is 0.307. The first-order chi connectivity index (χ1) is 12.2. The van der Waals surface area contributed by atoms with Crippen LogP contribution in [0.4, 0.5) is 0 Å². The number of aromatic nitrogens is 5. The number of hydrogen-bond acceptors (Lipinski definition) is 6. The van der Waals surface area contributed by atoms with Gasteiger partial charge >= 0.3 is 5.97 Å². The van der Waals surface area contributed by atoms with Crippen molar-refractivity contribution in [2.24, 2.45) is 5.92 Å². The maximum atomic E-state index is 12.7. The fourth-order valence-electron chi connectivity index (χ4n) is 2.76. The lowest BCUT2D eigenvalue weighted by Gasteiger charge is -2.17. The summed E-state index contributed by atoms with van der Waals surface area (Å²) in [5.41, 5.74) is 2.20. The number of aryl methyl sites for hydroxylation is 1. The molecule has 0 N–H and O–H groups in total. The fourth-order valence-corrected chi connectivity index (χ4v) is 2.76. The molecule has 126 valence electrons. The molecule has 2 heterocycles. The molecule has 0 unspecified atom stereocenters. The van der Waals surface area contributed by atoms with Crippen molar-refractivity contribution in [2.75, 3.05) is 0 Å². The Bertz CT molecular complexity index is 876. The van der Waals surface area contributed by atoms with Gasteiger partial charge in [0.15, 0.2) is 11.9 Å².